The molecular weight excluding hydrogens is 246 g/mol. The second kappa shape index (κ2) is 8.28. The molecule has 0 fully saturated rings. The maximum Gasteiger partial charge on any atom is 0.282 e. The Labute approximate surface area is 115 Å². The lowest BCUT2D eigenvalue weighted by Crippen LogP contribution is -2.12. The SMILES string of the molecule is CCCCCCCC(CC)n1nc(C(F)F)cc1C. The Morgan fingerprint density at radius 3 is 2.37 bits per heavy atom. The molecule has 0 bridgehead atoms. The molecule has 0 aromatic carbocycles. The summed E-state index contributed by atoms with van der Waals surface area (Å²) in [4.78, 5) is 0. The standard InChI is InChI=1S/C15H26F2N2/c1-4-6-7-8-9-10-13(5-2)19-12(3)11-14(18-19)15(16)17/h11,13,15H,4-10H2,1-3H3. The molecule has 4 heteroatoms. The van der Waals surface area contributed by atoms with Crippen LogP contribution in [-0.4, -0.2) is 9.78 Å². The Balaban J connectivity index is 2.54. The number of aryl methyl sites for hydroxylation is 1. The van der Waals surface area contributed by atoms with E-state index >= 15 is 0 Å². The van der Waals surface area contributed by atoms with Gasteiger partial charge in [-0.05, 0) is 25.8 Å². The van der Waals surface area contributed by atoms with E-state index in [4.69, 9.17) is 0 Å². The van der Waals surface area contributed by atoms with Crippen molar-refractivity contribution in [3.8, 4) is 0 Å². The molecule has 1 heterocycles. The van der Waals surface area contributed by atoms with Crippen LogP contribution in [0.3, 0.4) is 0 Å². The van der Waals surface area contributed by atoms with Crippen LogP contribution in [-0.2, 0) is 0 Å². The summed E-state index contributed by atoms with van der Waals surface area (Å²) in [6.07, 6.45) is 5.69. The van der Waals surface area contributed by atoms with Gasteiger partial charge in [-0.3, -0.25) is 4.68 Å². The highest BCUT2D eigenvalue weighted by Gasteiger charge is 2.17. The molecule has 0 saturated carbocycles. The minimum absolute atomic E-state index is 0.0954. The van der Waals surface area contributed by atoms with Crippen LogP contribution < -0.4 is 0 Å². The summed E-state index contributed by atoms with van der Waals surface area (Å²) < 4.78 is 27.1. The summed E-state index contributed by atoms with van der Waals surface area (Å²) in [5, 5.41) is 4.06. The molecule has 0 aliphatic carbocycles. The van der Waals surface area contributed by atoms with E-state index < -0.39 is 6.43 Å². The van der Waals surface area contributed by atoms with Crippen molar-refractivity contribution < 1.29 is 8.78 Å². The Morgan fingerprint density at radius 1 is 1.16 bits per heavy atom. The van der Waals surface area contributed by atoms with Crippen LogP contribution in [0.2, 0.25) is 0 Å². The van der Waals surface area contributed by atoms with Gasteiger partial charge in [-0.2, -0.15) is 5.10 Å². The molecule has 1 aromatic heterocycles. The van der Waals surface area contributed by atoms with Crippen molar-refractivity contribution in [2.75, 3.05) is 0 Å². The van der Waals surface area contributed by atoms with Crippen molar-refractivity contribution in [2.24, 2.45) is 0 Å². The zero-order valence-electron chi connectivity index (χ0n) is 12.3. The predicted molar refractivity (Wildman–Crippen MR) is 74.6 cm³/mol. The zero-order chi connectivity index (χ0) is 14.3. The molecule has 1 atom stereocenters. The van der Waals surface area contributed by atoms with Crippen molar-refractivity contribution in [3.05, 3.63) is 17.5 Å². The molecule has 0 aliphatic rings. The third-order valence-electron chi connectivity index (χ3n) is 3.62. The van der Waals surface area contributed by atoms with Gasteiger partial charge in [-0.25, -0.2) is 8.78 Å². The van der Waals surface area contributed by atoms with E-state index in [1.165, 1.54) is 31.7 Å². The van der Waals surface area contributed by atoms with E-state index in [1.54, 1.807) is 4.68 Å². The topological polar surface area (TPSA) is 17.8 Å². The molecule has 1 rings (SSSR count). The third kappa shape index (κ3) is 4.92. The van der Waals surface area contributed by atoms with Crippen LogP contribution in [0.1, 0.15) is 82.6 Å². The maximum atomic E-state index is 12.6. The van der Waals surface area contributed by atoms with Gasteiger partial charge >= 0.3 is 0 Å². The highest BCUT2D eigenvalue weighted by Crippen LogP contribution is 2.25. The number of hydrogen-bond donors (Lipinski definition) is 0. The van der Waals surface area contributed by atoms with E-state index in [9.17, 15) is 8.78 Å². The molecule has 1 aromatic rings. The van der Waals surface area contributed by atoms with Gasteiger partial charge in [0, 0.05) is 5.69 Å². The second-order valence-corrected chi connectivity index (χ2v) is 5.22. The molecule has 0 N–H and O–H groups in total. The maximum absolute atomic E-state index is 12.6. The number of rotatable bonds is 9. The first-order chi connectivity index (χ1) is 9.10. The van der Waals surface area contributed by atoms with Crippen molar-refractivity contribution in [1.29, 1.82) is 0 Å². The van der Waals surface area contributed by atoms with Crippen molar-refractivity contribution >= 4 is 0 Å². The first-order valence-corrected chi connectivity index (χ1v) is 7.44. The van der Waals surface area contributed by atoms with Crippen molar-refractivity contribution in [3.63, 3.8) is 0 Å². The summed E-state index contributed by atoms with van der Waals surface area (Å²) in [6, 6.07) is 1.76. The normalized spacial score (nSPS) is 13.2. The average molecular weight is 272 g/mol. The molecule has 1 unspecified atom stereocenters. The molecule has 0 radical (unpaired) electrons. The molecule has 0 saturated heterocycles. The Bertz CT molecular complexity index is 361. The van der Waals surface area contributed by atoms with E-state index in [0.717, 1.165) is 25.0 Å². The summed E-state index contributed by atoms with van der Waals surface area (Å²) >= 11 is 0. The van der Waals surface area contributed by atoms with Crippen molar-refractivity contribution in [1.82, 2.24) is 9.78 Å². The fraction of sp³-hybridized carbons (Fsp3) is 0.800. The number of hydrogen-bond acceptors (Lipinski definition) is 1. The number of halogens is 2. The number of aromatic nitrogens is 2. The van der Waals surface area contributed by atoms with Gasteiger partial charge in [0.05, 0.1) is 6.04 Å². The smallest absolute Gasteiger partial charge is 0.266 e. The summed E-state index contributed by atoms with van der Waals surface area (Å²) in [6.45, 7) is 6.16. The van der Waals surface area contributed by atoms with E-state index in [-0.39, 0.29) is 11.7 Å². The molecule has 0 aliphatic heterocycles. The largest absolute Gasteiger partial charge is 0.282 e. The van der Waals surface area contributed by atoms with E-state index in [2.05, 4.69) is 18.9 Å². The second-order valence-electron chi connectivity index (χ2n) is 5.22. The van der Waals surface area contributed by atoms with Gasteiger partial charge < -0.3 is 0 Å². The first kappa shape index (κ1) is 16.1. The van der Waals surface area contributed by atoms with Gasteiger partial charge in [-0.15, -0.1) is 0 Å². The third-order valence-corrected chi connectivity index (χ3v) is 3.62. The minimum atomic E-state index is -2.47. The summed E-state index contributed by atoms with van der Waals surface area (Å²) in [5.41, 5.74) is 0.748. The Hall–Kier alpha value is -0.930. The molecule has 19 heavy (non-hydrogen) atoms. The van der Waals surface area contributed by atoms with Gasteiger partial charge in [0.25, 0.3) is 6.43 Å². The van der Waals surface area contributed by atoms with Crippen LogP contribution in [0.15, 0.2) is 6.07 Å². The van der Waals surface area contributed by atoms with Crippen LogP contribution in [0, 0.1) is 6.92 Å². The lowest BCUT2D eigenvalue weighted by Gasteiger charge is -2.17. The van der Waals surface area contributed by atoms with Crippen LogP contribution in [0.25, 0.3) is 0 Å². The molecule has 0 spiro atoms. The highest BCUT2D eigenvalue weighted by molar-refractivity contribution is 5.10. The first-order valence-electron chi connectivity index (χ1n) is 7.44. The van der Waals surface area contributed by atoms with Crippen LogP contribution in [0.5, 0.6) is 0 Å². The molecule has 2 nitrogen and oxygen atoms in total. The summed E-state index contributed by atoms with van der Waals surface area (Å²) in [7, 11) is 0. The van der Waals surface area contributed by atoms with Gasteiger partial charge in [0.2, 0.25) is 0 Å². The van der Waals surface area contributed by atoms with Gasteiger partial charge in [-0.1, -0.05) is 46.0 Å². The van der Waals surface area contributed by atoms with E-state index in [0.29, 0.717) is 0 Å². The molecular formula is C15H26F2N2. The minimum Gasteiger partial charge on any atom is -0.266 e. The average Bonchev–Trinajstić information content (AvgIpc) is 2.76. The molecule has 110 valence electrons. The predicted octanol–water partition coefficient (Wildman–Crippen LogP) is 5.44. The fourth-order valence-electron chi connectivity index (χ4n) is 2.47. The summed E-state index contributed by atoms with van der Waals surface area (Å²) in [5.74, 6) is 0. The lowest BCUT2D eigenvalue weighted by atomic mass is 10.0. The van der Waals surface area contributed by atoms with Crippen LogP contribution >= 0.6 is 0 Å². The van der Waals surface area contributed by atoms with Crippen molar-refractivity contribution in [2.45, 2.75) is 78.2 Å². The fourth-order valence-corrected chi connectivity index (χ4v) is 2.47. The quantitative estimate of drug-likeness (QED) is 0.547. The Morgan fingerprint density at radius 2 is 1.84 bits per heavy atom. The zero-order valence-corrected chi connectivity index (χ0v) is 12.3. The Kier molecular flexibility index (Phi) is 7.03. The number of alkyl halides is 2. The number of unbranched alkanes of at least 4 members (excludes halogenated alkanes) is 4. The monoisotopic (exact) mass is 272 g/mol. The van der Waals surface area contributed by atoms with Gasteiger partial charge in [0.1, 0.15) is 5.69 Å². The lowest BCUT2D eigenvalue weighted by molar-refractivity contribution is 0.144. The van der Waals surface area contributed by atoms with Gasteiger partial charge in [0.15, 0.2) is 0 Å². The van der Waals surface area contributed by atoms with Crippen LogP contribution in [0.4, 0.5) is 8.78 Å². The highest BCUT2D eigenvalue weighted by atomic mass is 19.3. The molecule has 0 amide bonds. The van der Waals surface area contributed by atoms with E-state index in [1.807, 2.05) is 6.92 Å². The number of nitrogens with zero attached hydrogens (tertiary/aromatic N) is 2.